The van der Waals surface area contributed by atoms with Crippen molar-refractivity contribution in [2.75, 3.05) is 13.1 Å². The Morgan fingerprint density at radius 1 is 1.19 bits per heavy atom. The molecule has 7 heteroatoms. The van der Waals surface area contributed by atoms with Crippen LogP contribution in [0.15, 0.2) is 40.9 Å². The zero-order valence-corrected chi connectivity index (χ0v) is 14.8. The molecule has 7 nitrogen and oxygen atoms in total. The number of carbonyl (C=O) groups excluding carboxylic acids is 1. The third-order valence-corrected chi connectivity index (χ3v) is 6.16. The van der Waals surface area contributed by atoms with E-state index in [0.717, 1.165) is 12.8 Å². The van der Waals surface area contributed by atoms with E-state index in [4.69, 9.17) is 14.6 Å². The second-order valence-electron chi connectivity index (χ2n) is 7.64. The highest BCUT2D eigenvalue weighted by Crippen LogP contribution is 2.45. The maximum absolute atomic E-state index is 12.4. The number of nitrogens with zero attached hydrogens (tertiary/aromatic N) is 2. The monoisotopic (exact) mass is 368 g/mol. The first-order chi connectivity index (χ1) is 13.0. The van der Waals surface area contributed by atoms with Crippen molar-refractivity contribution in [3.63, 3.8) is 0 Å². The smallest absolute Gasteiger partial charge is 0.331 e. The van der Waals surface area contributed by atoms with Crippen molar-refractivity contribution in [1.82, 2.24) is 4.90 Å². The molecular weight excluding hydrogens is 348 g/mol. The molecule has 2 spiro atoms. The van der Waals surface area contributed by atoms with Crippen LogP contribution in [0.3, 0.4) is 0 Å². The SMILES string of the molecule is O=C(O)C1=CCC2(C1)OC(N1CCC3(CC1)OCc1ccccc13)=NC2=O. The van der Waals surface area contributed by atoms with Crippen LogP contribution in [0, 0.1) is 0 Å². The first-order valence-corrected chi connectivity index (χ1v) is 9.23. The van der Waals surface area contributed by atoms with Crippen molar-refractivity contribution in [2.24, 2.45) is 4.99 Å². The van der Waals surface area contributed by atoms with Crippen LogP contribution in [-0.2, 0) is 31.3 Å². The highest BCUT2D eigenvalue weighted by Gasteiger charge is 2.52. The van der Waals surface area contributed by atoms with Gasteiger partial charge in [0, 0.05) is 31.5 Å². The van der Waals surface area contributed by atoms with Gasteiger partial charge in [-0.15, -0.1) is 0 Å². The Bertz CT molecular complexity index is 897. The van der Waals surface area contributed by atoms with Gasteiger partial charge in [-0.1, -0.05) is 30.3 Å². The Balaban J connectivity index is 1.29. The number of carboxylic acid groups (broad SMARTS) is 1. The molecule has 140 valence electrons. The summed E-state index contributed by atoms with van der Waals surface area (Å²) in [6.07, 6.45) is 3.49. The second-order valence-corrected chi connectivity index (χ2v) is 7.64. The number of rotatable bonds is 1. The van der Waals surface area contributed by atoms with Crippen LogP contribution in [0.25, 0.3) is 0 Å². The molecule has 1 aliphatic carbocycles. The lowest BCUT2D eigenvalue weighted by Crippen LogP contribution is -2.46. The summed E-state index contributed by atoms with van der Waals surface area (Å²) in [4.78, 5) is 29.7. The van der Waals surface area contributed by atoms with Crippen molar-refractivity contribution < 1.29 is 24.2 Å². The molecule has 1 amide bonds. The summed E-state index contributed by atoms with van der Waals surface area (Å²) in [5.74, 6) is -1.39. The summed E-state index contributed by atoms with van der Waals surface area (Å²) in [7, 11) is 0. The minimum absolute atomic E-state index is 0.0719. The summed E-state index contributed by atoms with van der Waals surface area (Å²) in [6, 6.07) is 8.64. The Hall–Kier alpha value is -2.67. The first kappa shape index (κ1) is 16.5. The summed E-state index contributed by atoms with van der Waals surface area (Å²) in [5, 5.41) is 9.16. The normalized spacial score (nSPS) is 28.3. The lowest BCUT2D eigenvalue weighted by molar-refractivity contribution is -0.134. The molecule has 1 aromatic carbocycles. The lowest BCUT2D eigenvalue weighted by atomic mass is 9.84. The summed E-state index contributed by atoms with van der Waals surface area (Å²) >= 11 is 0. The van der Waals surface area contributed by atoms with Gasteiger partial charge >= 0.3 is 5.97 Å². The maximum Gasteiger partial charge on any atom is 0.331 e. The summed E-state index contributed by atoms with van der Waals surface area (Å²) in [5.41, 5.74) is 1.30. The van der Waals surface area contributed by atoms with E-state index in [1.165, 1.54) is 11.1 Å². The maximum atomic E-state index is 12.4. The van der Waals surface area contributed by atoms with Crippen LogP contribution in [0.4, 0.5) is 0 Å². The van der Waals surface area contributed by atoms with Gasteiger partial charge in [-0.05, 0) is 24.0 Å². The number of amides is 1. The molecule has 0 bridgehead atoms. The van der Waals surface area contributed by atoms with Crippen LogP contribution in [0.5, 0.6) is 0 Å². The number of fused-ring (bicyclic) bond motifs is 2. The van der Waals surface area contributed by atoms with Gasteiger partial charge in [-0.25, -0.2) is 4.79 Å². The fourth-order valence-electron chi connectivity index (χ4n) is 4.57. The molecule has 3 heterocycles. The number of hydrogen-bond donors (Lipinski definition) is 1. The predicted octanol–water partition coefficient (Wildman–Crippen LogP) is 1.96. The molecule has 0 aromatic heterocycles. The minimum Gasteiger partial charge on any atom is -0.478 e. The molecule has 1 atom stereocenters. The van der Waals surface area contributed by atoms with Gasteiger partial charge in [0.15, 0.2) is 0 Å². The average molecular weight is 368 g/mol. The Labute approximate surface area is 156 Å². The van der Waals surface area contributed by atoms with Crippen molar-refractivity contribution in [3.8, 4) is 0 Å². The lowest BCUT2D eigenvalue weighted by Gasteiger charge is -2.39. The van der Waals surface area contributed by atoms with Gasteiger partial charge in [0.1, 0.15) is 0 Å². The molecule has 3 aliphatic heterocycles. The average Bonchev–Trinajstić information content (AvgIpc) is 3.35. The second kappa shape index (κ2) is 5.66. The molecule has 0 radical (unpaired) electrons. The number of carboxylic acids is 1. The van der Waals surface area contributed by atoms with Gasteiger partial charge in [0.25, 0.3) is 11.9 Å². The third kappa shape index (κ3) is 2.41. The fraction of sp³-hybridized carbons (Fsp3) is 0.450. The number of aliphatic carboxylic acids is 1. The quantitative estimate of drug-likeness (QED) is 0.815. The molecule has 1 aromatic rings. The van der Waals surface area contributed by atoms with Gasteiger partial charge in [0.05, 0.1) is 12.2 Å². The van der Waals surface area contributed by atoms with E-state index in [1.807, 2.05) is 17.0 Å². The van der Waals surface area contributed by atoms with E-state index >= 15 is 0 Å². The van der Waals surface area contributed by atoms with Gasteiger partial charge in [-0.3, -0.25) is 4.79 Å². The number of piperidine rings is 1. The van der Waals surface area contributed by atoms with Crippen LogP contribution in [0.2, 0.25) is 0 Å². The van der Waals surface area contributed by atoms with Crippen LogP contribution >= 0.6 is 0 Å². The van der Waals surface area contributed by atoms with Crippen molar-refractivity contribution in [3.05, 3.63) is 47.0 Å². The van der Waals surface area contributed by atoms with E-state index in [0.29, 0.717) is 25.7 Å². The Morgan fingerprint density at radius 3 is 2.70 bits per heavy atom. The molecular formula is C20H20N2O5. The van der Waals surface area contributed by atoms with E-state index in [9.17, 15) is 9.59 Å². The summed E-state index contributed by atoms with van der Waals surface area (Å²) < 4.78 is 12.1. The Kier molecular flexibility index (Phi) is 3.46. The number of aliphatic imine (C=N–C) groups is 1. The number of carbonyl (C=O) groups is 2. The van der Waals surface area contributed by atoms with Gasteiger partial charge in [0.2, 0.25) is 5.60 Å². The zero-order chi connectivity index (χ0) is 18.6. The highest BCUT2D eigenvalue weighted by atomic mass is 16.5. The van der Waals surface area contributed by atoms with E-state index < -0.39 is 11.6 Å². The van der Waals surface area contributed by atoms with Crippen molar-refractivity contribution >= 4 is 17.9 Å². The molecule has 4 aliphatic rings. The minimum atomic E-state index is -1.16. The topological polar surface area (TPSA) is 88.4 Å². The highest BCUT2D eigenvalue weighted by molar-refractivity contribution is 6.03. The van der Waals surface area contributed by atoms with Crippen molar-refractivity contribution in [2.45, 2.75) is 43.5 Å². The van der Waals surface area contributed by atoms with Gasteiger partial charge < -0.3 is 19.5 Å². The third-order valence-electron chi connectivity index (χ3n) is 6.16. The van der Waals surface area contributed by atoms with Crippen LogP contribution in [0.1, 0.15) is 36.8 Å². The molecule has 1 N–H and O–H groups in total. The molecule has 1 saturated heterocycles. The predicted molar refractivity (Wildman–Crippen MR) is 94.9 cm³/mol. The molecule has 0 saturated carbocycles. The number of benzene rings is 1. The molecule has 1 unspecified atom stereocenters. The standard InChI is InChI=1S/C20H20N2O5/c23-16(24)13-5-6-20(11-13)17(25)21-18(27-20)22-9-7-19(8-10-22)15-4-2-1-3-14(15)12-26-19/h1-5H,6-12H2,(H,23,24). The number of amidine groups is 1. The fourth-order valence-corrected chi connectivity index (χ4v) is 4.57. The van der Waals surface area contributed by atoms with E-state index in [-0.39, 0.29) is 29.9 Å². The number of hydrogen-bond acceptors (Lipinski definition) is 5. The van der Waals surface area contributed by atoms with Crippen molar-refractivity contribution in [1.29, 1.82) is 0 Å². The Morgan fingerprint density at radius 2 is 1.96 bits per heavy atom. The summed E-state index contributed by atoms with van der Waals surface area (Å²) in [6.45, 7) is 1.99. The molecule has 27 heavy (non-hydrogen) atoms. The largest absolute Gasteiger partial charge is 0.478 e. The molecule has 5 rings (SSSR count). The van der Waals surface area contributed by atoms with E-state index in [2.05, 4.69) is 17.1 Å². The molecule has 1 fully saturated rings. The zero-order valence-electron chi connectivity index (χ0n) is 14.8. The van der Waals surface area contributed by atoms with Gasteiger partial charge in [-0.2, -0.15) is 4.99 Å². The van der Waals surface area contributed by atoms with E-state index in [1.54, 1.807) is 6.08 Å². The van der Waals surface area contributed by atoms with Crippen LogP contribution in [-0.4, -0.2) is 46.6 Å². The first-order valence-electron chi connectivity index (χ1n) is 9.23. The van der Waals surface area contributed by atoms with Crippen LogP contribution < -0.4 is 0 Å². The number of likely N-dealkylation sites (tertiary alicyclic amines) is 1. The number of ether oxygens (including phenoxy) is 2.